The number of anilines is 2. The summed E-state index contributed by atoms with van der Waals surface area (Å²) in [4.78, 5) is 28.1. The Labute approximate surface area is 310 Å². The van der Waals surface area contributed by atoms with Gasteiger partial charge in [-0.3, -0.25) is 28.4 Å². The van der Waals surface area contributed by atoms with E-state index in [-0.39, 0.29) is 0 Å². The zero-order valence-corrected chi connectivity index (χ0v) is 31.3. The van der Waals surface area contributed by atoms with Gasteiger partial charge in [0, 0.05) is 24.8 Å². The number of hydrogen-bond donors (Lipinski definition) is 4. The molecular weight excluding hydrogens is 672 g/mol. The van der Waals surface area contributed by atoms with Crippen LogP contribution < -0.4 is 20.9 Å². The van der Waals surface area contributed by atoms with E-state index in [1.54, 1.807) is 14.2 Å². The van der Waals surface area contributed by atoms with Crippen LogP contribution >= 0.6 is 0 Å². The molecule has 6 N–H and O–H groups in total. The summed E-state index contributed by atoms with van der Waals surface area (Å²) in [6.07, 6.45) is 12.4. The number of aliphatic carboxylic acids is 2. The van der Waals surface area contributed by atoms with Gasteiger partial charge >= 0.3 is 11.9 Å². The van der Waals surface area contributed by atoms with E-state index in [2.05, 4.69) is 70.7 Å². The number of nitrogen functional groups attached to an aromatic ring is 2. The van der Waals surface area contributed by atoms with Crippen LogP contribution in [-0.2, 0) is 48.1 Å². The Kier molecular flexibility index (Phi) is 13.8. The Balaban J connectivity index is 0.000000201. The predicted molar refractivity (Wildman–Crippen MR) is 208 cm³/mol. The number of carboxylic acids is 2. The number of carbonyl (C=O) groups is 2. The zero-order valence-electron chi connectivity index (χ0n) is 31.3. The van der Waals surface area contributed by atoms with Crippen LogP contribution in [0.25, 0.3) is 11.0 Å². The zero-order chi connectivity index (χ0) is 38.7. The van der Waals surface area contributed by atoms with E-state index in [0.29, 0.717) is 0 Å². The lowest BCUT2D eigenvalue weighted by Crippen LogP contribution is -2.03. The molecule has 12 heteroatoms. The molecule has 0 spiro atoms. The van der Waals surface area contributed by atoms with Gasteiger partial charge in [-0.15, -0.1) is 0 Å². The Morgan fingerprint density at radius 3 is 1.28 bits per heavy atom. The largest absolute Gasteiger partial charge is 0.497 e. The average Bonchev–Trinajstić information content (AvgIpc) is 3.57. The molecule has 0 amide bonds. The van der Waals surface area contributed by atoms with E-state index in [1.165, 1.54) is 44.4 Å². The van der Waals surface area contributed by atoms with Crippen molar-refractivity contribution in [1.82, 2.24) is 18.8 Å². The fourth-order valence-electron chi connectivity index (χ4n) is 6.47. The van der Waals surface area contributed by atoms with Gasteiger partial charge in [-0.25, -0.2) is 0 Å². The summed E-state index contributed by atoms with van der Waals surface area (Å²) in [5.74, 6) is 0.796. The fraction of sp³-hybridized carbons (Fsp3) is 0.317. The van der Waals surface area contributed by atoms with Gasteiger partial charge in [0.25, 0.3) is 0 Å². The lowest BCUT2D eigenvalue weighted by atomic mass is 10.0. The monoisotopic (exact) mass is 722 g/mol. The highest BCUT2D eigenvalue weighted by Crippen LogP contribution is 2.29. The molecule has 53 heavy (non-hydrogen) atoms. The smallest absolute Gasteiger partial charge is 0.314 e. The molecule has 12 nitrogen and oxygen atoms in total. The fourth-order valence-corrected chi connectivity index (χ4v) is 6.47. The van der Waals surface area contributed by atoms with Crippen molar-refractivity contribution < 1.29 is 29.3 Å². The topological polar surface area (TPSA) is 180 Å². The Morgan fingerprint density at radius 1 is 0.642 bits per heavy atom. The van der Waals surface area contributed by atoms with Gasteiger partial charge < -0.3 is 31.2 Å². The minimum absolute atomic E-state index is 0.806. The minimum atomic E-state index is -1.31. The maximum atomic E-state index is 9.43. The van der Waals surface area contributed by atoms with E-state index < -0.39 is 18.4 Å². The predicted octanol–water partition coefficient (Wildman–Crippen LogP) is 6.71. The Morgan fingerprint density at radius 2 is 1.00 bits per heavy atom. The van der Waals surface area contributed by atoms with Crippen LogP contribution in [0.4, 0.5) is 11.6 Å². The third kappa shape index (κ3) is 9.65. The van der Waals surface area contributed by atoms with Crippen LogP contribution in [0.15, 0.2) is 73.3 Å². The van der Waals surface area contributed by atoms with Gasteiger partial charge in [0.15, 0.2) is 0 Å². The summed E-state index contributed by atoms with van der Waals surface area (Å²) < 4.78 is 14.6. The van der Waals surface area contributed by atoms with Crippen LogP contribution in [0.1, 0.15) is 65.0 Å². The number of methoxy groups -OCH3 is 2. The van der Waals surface area contributed by atoms with E-state index in [1.807, 2.05) is 49.1 Å². The second kappa shape index (κ2) is 18.5. The van der Waals surface area contributed by atoms with Crippen molar-refractivity contribution in [3.05, 3.63) is 118 Å². The summed E-state index contributed by atoms with van der Waals surface area (Å²) in [7, 11) is 3.37. The van der Waals surface area contributed by atoms with Crippen LogP contribution in [0.2, 0.25) is 0 Å². The minimum Gasteiger partial charge on any atom is -0.497 e. The number of ether oxygens (including phenoxy) is 2. The molecule has 0 aliphatic carbocycles. The van der Waals surface area contributed by atoms with Gasteiger partial charge in [-0.1, -0.05) is 38.1 Å². The van der Waals surface area contributed by atoms with Crippen LogP contribution in [0, 0.1) is 13.8 Å². The third-order valence-corrected chi connectivity index (χ3v) is 9.31. The molecule has 0 aliphatic rings. The van der Waals surface area contributed by atoms with E-state index in [9.17, 15) is 9.59 Å². The summed E-state index contributed by atoms with van der Waals surface area (Å²) in [6, 6.07) is 16.4. The first kappa shape index (κ1) is 39.7. The van der Waals surface area contributed by atoms with Crippen molar-refractivity contribution in [2.75, 3.05) is 25.7 Å². The van der Waals surface area contributed by atoms with E-state index in [0.717, 1.165) is 73.0 Å². The maximum absolute atomic E-state index is 9.43. The molecule has 6 aromatic rings. The number of rotatable bonds is 12. The molecule has 0 radical (unpaired) electrons. The van der Waals surface area contributed by atoms with Gasteiger partial charge in [0.1, 0.15) is 29.6 Å². The second-order valence-electron chi connectivity index (χ2n) is 12.5. The first-order valence-electron chi connectivity index (χ1n) is 17.6. The molecule has 4 aromatic heterocycles. The van der Waals surface area contributed by atoms with Crippen molar-refractivity contribution in [1.29, 1.82) is 0 Å². The number of fused-ring (bicyclic) bond motifs is 2. The SMILES string of the molecule is CCc1c(C)c(N)n2ccnc(CCc3ccc(OC)cc3)c12.CCc1c(C)c(N)n2ccnc(CCc3ccc(OC)cc3)c12.O=C(O)CC(=O)O. The quantitative estimate of drug-likeness (QED) is 0.0992. The Hall–Kier alpha value is -6.04. The van der Waals surface area contributed by atoms with Crippen molar-refractivity contribution in [2.24, 2.45) is 0 Å². The molecule has 4 heterocycles. The number of nitrogens with zero attached hydrogens (tertiary/aromatic N) is 4. The molecule has 2 aromatic carbocycles. The van der Waals surface area contributed by atoms with Crippen molar-refractivity contribution in [3.63, 3.8) is 0 Å². The third-order valence-electron chi connectivity index (χ3n) is 9.31. The maximum Gasteiger partial charge on any atom is 0.314 e. The highest BCUT2D eigenvalue weighted by molar-refractivity contribution is 5.88. The lowest BCUT2D eigenvalue weighted by molar-refractivity contribution is -0.147. The average molecular weight is 723 g/mol. The molecule has 6 rings (SSSR count). The number of benzene rings is 2. The van der Waals surface area contributed by atoms with E-state index >= 15 is 0 Å². The highest BCUT2D eigenvalue weighted by atomic mass is 16.5. The Bertz CT molecular complexity index is 2000. The first-order valence-corrected chi connectivity index (χ1v) is 17.6. The van der Waals surface area contributed by atoms with Crippen LogP contribution in [0.5, 0.6) is 11.5 Å². The molecule has 0 aliphatic heterocycles. The first-order chi connectivity index (χ1) is 25.4. The van der Waals surface area contributed by atoms with Crippen molar-refractivity contribution >= 4 is 34.6 Å². The normalized spacial score (nSPS) is 10.7. The molecule has 0 saturated heterocycles. The van der Waals surface area contributed by atoms with Crippen LogP contribution in [0.3, 0.4) is 0 Å². The van der Waals surface area contributed by atoms with Gasteiger partial charge in [-0.05, 0) is 110 Å². The molecule has 0 unspecified atom stereocenters. The number of carboxylic acid groups (broad SMARTS) is 2. The molecule has 0 atom stereocenters. The van der Waals surface area contributed by atoms with Gasteiger partial charge in [0.05, 0.1) is 36.6 Å². The summed E-state index contributed by atoms with van der Waals surface area (Å²) >= 11 is 0. The number of aryl methyl sites for hydroxylation is 6. The lowest BCUT2D eigenvalue weighted by Gasteiger charge is -2.07. The van der Waals surface area contributed by atoms with E-state index in [4.69, 9.17) is 31.2 Å². The number of nitrogens with two attached hydrogens (primary N) is 2. The molecule has 280 valence electrons. The summed E-state index contributed by atoms with van der Waals surface area (Å²) in [6.45, 7) is 8.52. The van der Waals surface area contributed by atoms with Crippen LogP contribution in [-0.4, -0.2) is 55.1 Å². The van der Waals surface area contributed by atoms with Crippen molar-refractivity contribution in [3.8, 4) is 11.5 Å². The van der Waals surface area contributed by atoms with Gasteiger partial charge in [0.2, 0.25) is 0 Å². The molecule has 0 bridgehead atoms. The molecule has 0 fully saturated rings. The second-order valence-corrected chi connectivity index (χ2v) is 12.5. The molecular formula is C41H50N6O6. The number of hydrogen-bond acceptors (Lipinski definition) is 8. The standard InChI is InChI=1S/2C19H23N3O.C3H4O4/c2*1-4-16-13(2)19(20)22-12-11-21-17(18(16)22)10-7-14-5-8-15(23-3)9-6-14;4-2(5)1-3(6)7/h2*5-6,8-9,11-12H,4,7,10,20H2,1-3H3;1H2,(H,4,5)(H,6,7). The summed E-state index contributed by atoms with van der Waals surface area (Å²) in [5, 5.41) is 15.4. The number of aromatic nitrogens is 4. The summed E-state index contributed by atoms with van der Waals surface area (Å²) in [5.41, 5.74) is 24.6. The molecule has 0 saturated carbocycles. The van der Waals surface area contributed by atoms with Crippen molar-refractivity contribution in [2.45, 2.75) is 72.6 Å². The van der Waals surface area contributed by atoms with Gasteiger partial charge in [-0.2, -0.15) is 0 Å². The highest BCUT2D eigenvalue weighted by Gasteiger charge is 2.17.